The van der Waals surface area contributed by atoms with E-state index in [4.69, 9.17) is 9.47 Å². The van der Waals surface area contributed by atoms with Crippen molar-refractivity contribution in [1.82, 2.24) is 0 Å². The molecule has 46 heavy (non-hydrogen) atoms. The van der Waals surface area contributed by atoms with Crippen LogP contribution in [0.3, 0.4) is 0 Å². The Morgan fingerprint density at radius 3 is 2.48 bits per heavy atom. The lowest BCUT2D eigenvalue weighted by Gasteiger charge is -2.49. The molecule has 242 valence electrons. The van der Waals surface area contributed by atoms with Crippen LogP contribution in [-0.4, -0.2) is 41.1 Å². The van der Waals surface area contributed by atoms with Crippen molar-refractivity contribution >= 4 is 28.1 Å². The molecule has 0 bridgehead atoms. The van der Waals surface area contributed by atoms with Crippen LogP contribution < -0.4 is 9.64 Å². The maximum Gasteiger partial charge on any atom is 0.338 e. The molecule has 2 atom stereocenters. The summed E-state index contributed by atoms with van der Waals surface area (Å²) >= 11 is 0. The first-order valence-corrected chi connectivity index (χ1v) is 17.9. The largest absolute Gasteiger partial charge is 0.490 e. The fourth-order valence-electron chi connectivity index (χ4n) is 8.15. The van der Waals surface area contributed by atoms with Gasteiger partial charge < -0.3 is 19.5 Å². The van der Waals surface area contributed by atoms with Crippen molar-refractivity contribution in [2.45, 2.75) is 75.7 Å². The molecule has 1 saturated heterocycles. The fraction of sp³-hybridized carbons (Fsp3) is 0.447. The summed E-state index contributed by atoms with van der Waals surface area (Å²) in [5.74, 6) is -0.737. The van der Waals surface area contributed by atoms with Gasteiger partial charge in [0.15, 0.2) is 0 Å². The molecule has 2 aliphatic carbocycles. The minimum atomic E-state index is -1.48. The molecule has 0 amide bonds. The van der Waals surface area contributed by atoms with Crippen molar-refractivity contribution in [1.29, 1.82) is 0 Å². The standard InChI is InChI=1S/C38H42FNO5S/c1-25-24-46(43)36-19-30(27-12-13-33(39)31(18-27)37(41)42)35(45-29-21-38(22-29)14-16-44-17-15-38)20-34(36)40(28-10-6-3-7-11-28)23-32(25)26-8-4-2-5-9-26/h3,6-7,10-13,18-20,24,26,29,32H,2,4-5,8-9,14-17,21-23H2,1H3,(H,41,42)/b25-24+/t32-,46?/m1/s1. The number of benzene rings is 3. The van der Waals surface area contributed by atoms with Crippen LogP contribution in [0.2, 0.25) is 0 Å². The lowest BCUT2D eigenvalue weighted by atomic mass is 9.62. The molecule has 3 aromatic carbocycles. The number of nitrogens with zero attached hydrogens (tertiary/aromatic N) is 1. The zero-order valence-electron chi connectivity index (χ0n) is 26.4. The summed E-state index contributed by atoms with van der Waals surface area (Å²) in [7, 11) is -1.48. The van der Waals surface area contributed by atoms with Crippen molar-refractivity contribution in [2.24, 2.45) is 17.3 Å². The molecule has 8 heteroatoms. The van der Waals surface area contributed by atoms with Gasteiger partial charge in [0, 0.05) is 48.4 Å². The first kappa shape index (κ1) is 31.1. The van der Waals surface area contributed by atoms with E-state index in [0.29, 0.717) is 27.7 Å². The van der Waals surface area contributed by atoms with Crippen LogP contribution >= 0.6 is 0 Å². The normalized spacial score (nSPS) is 24.7. The number of halogens is 1. The molecule has 3 fully saturated rings. The lowest BCUT2D eigenvalue weighted by Crippen LogP contribution is -2.47. The van der Waals surface area contributed by atoms with Crippen LogP contribution in [0, 0.1) is 23.1 Å². The van der Waals surface area contributed by atoms with E-state index in [1.807, 2.05) is 35.7 Å². The molecule has 3 aromatic rings. The quantitative estimate of drug-likeness (QED) is 0.289. The maximum absolute atomic E-state index is 14.5. The van der Waals surface area contributed by atoms with Gasteiger partial charge in [-0.25, -0.2) is 13.4 Å². The number of para-hydroxylation sites is 1. The van der Waals surface area contributed by atoms with Crippen molar-refractivity contribution < 1.29 is 28.0 Å². The second kappa shape index (κ2) is 13.0. The van der Waals surface area contributed by atoms with Crippen LogP contribution in [0.15, 0.2) is 76.5 Å². The molecular formula is C38H42FNO5S. The predicted molar refractivity (Wildman–Crippen MR) is 179 cm³/mol. The van der Waals surface area contributed by atoms with Gasteiger partial charge in [0.2, 0.25) is 0 Å². The Morgan fingerprint density at radius 2 is 1.76 bits per heavy atom. The molecule has 2 saturated carbocycles. The second-order valence-electron chi connectivity index (χ2n) is 13.7. The predicted octanol–water partition coefficient (Wildman–Crippen LogP) is 8.89. The van der Waals surface area contributed by atoms with Gasteiger partial charge in [-0.15, -0.1) is 0 Å². The van der Waals surface area contributed by atoms with Crippen LogP contribution in [0.1, 0.15) is 75.1 Å². The Morgan fingerprint density at radius 1 is 1.02 bits per heavy atom. The van der Waals surface area contributed by atoms with Crippen LogP contribution in [0.4, 0.5) is 15.8 Å². The average molecular weight is 644 g/mol. The highest BCUT2D eigenvalue weighted by atomic mass is 32.2. The third-order valence-corrected chi connectivity index (χ3v) is 12.1. The maximum atomic E-state index is 14.5. The van der Waals surface area contributed by atoms with Crippen LogP contribution in [-0.2, 0) is 15.5 Å². The van der Waals surface area contributed by atoms with E-state index in [-0.39, 0.29) is 17.4 Å². The molecule has 0 radical (unpaired) electrons. The van der Waals surface area contributed by atoms with Gasteiger partial charge in [-0.05, 0) is 92.7 Å². The molecule has 2 heterocycles. The van der Waals surface area contributed by atoms with E-state index in [1.54, 1.807) is 6.07 Å². The first-order valence-electron chi connectivity index (χ1n) is 16.7. The Balaban J connectivity index is 1.36. The summed E-state index contributed by atoms with van der Waals surface area (Å²) in [6.45, 7) is 4.42. The summed E-state index contributed by atoms with van der Waals surface area (Å²) in [5.41, 5.74) is 3.96. The average Bonchev–Trinajstić information content (AvgIpc) is 3.05. The molecular weight excluding hydrogens is 601 g/mol. The van der Waals surface area contributed by atoms with Crippen molar-refractivity contribution in [3.8, 4) is 16.9 Å². The van der Waals surface area contributed by atoms with Crippen LogP contribution in [0.25, 0.3) is 11.1 Å². The smallest absolute Gasteiger partial charge is 0.338 e. The third kappa shape index (κ3) is 6.14. The molecule has 2 aliphatic heterocycles. The van der Waals surface area contributed by atoms with E-state index in [2.05, 4.69) is 24.0 Å². The minimum Gasteiger partial charge on any atom is -0.490 e. The number of fused-ring (bicyclic) bond motifs is 1. The van der Waals surface area contributed by atoms with Crippen LogP contribution in [0.5, 0.6) is 5.75 Å². The number of hydrogen-bond donors (Lipinski definition) is 1. The van der Waals surface area contributed by atoms with Gasteiger partial charge in [0.05, 0.1) is 33.0 Å². The number of hydrogen-bond acceptors (Lipinski definition) is 5. The van der Waals surface area contributed by atoms with Crippen molar-refractivity contribution in [3.05, 3.63) is 83.0 Å². The molecule has 0 aromatic heterocycles. The fourth-order valence-corrected chi connectivity index (χ4v) is 9.40. The highest BCUT2D eigenvalue weighted by molar-refractivity contribution is 7.88. The van der Waals surface area contributed by atoms with E-state index in [1.165, 1.54) is 44.2 Å². The Kier molecular flexibility index (Phi) is 8.77. The molecule has 6 nitrogen and oxygen atoms in total. The number of carboxylic acid groups (broad SMARTS) is 1. The Hall–Kier alpha value is -3.49. The zero-order chi connectivity index (χ0) is 31.8. The molecule has 1 unspecified atom stereocenters. The topological polar surface area (TPSA) is 76.1 Å². The lowest BCUT2D eigenvalue weighted by molar-refractivity contribution is -0.0856. The summed E-state index contributed by atoms with van der Waals surface area (Å²) in [5, 5.41) is 11.6. The van der Waals surface area contributed by atoms with Gasteiger partial charge in [-0.2, -0.15) is 0 Å². The summed E-state index contributed by atoms with van der Waals surface area (Å²) < 4.78 is 41.2. The Labute approximate surface area is 273 Å². The summed E-state index contributed by atoms with van der Waals surface area (Å²) in [6, 6.07) is 18.3. The number of anilines is 2. The molecule has 7 rings (SSSR count). The van der Waals surface area contributed by atoms with E-state index < -0.39 is 28.1 Å². The number of ether oxygens (including phenoxy) is 2. The van der Waals surface area contributed by atoms with Gasteiger partial charge in [-0.3, -0.25) is 0 Å². The van der Waals surface area contributed by atoms with E-state index in [0.717, 1.165) is 62.4 Å². The number of rotatable bonds is 6. The highest BCUT2D eigenvalue weighted by Crippen LogP contribution is 2.52. The first-order chi connectivity index (χ1) is 22.3. The third-order valence-electron chi connectivity index (χ3n) is 10.8. The van der Waals surface area contributed by atoms with Gasteiger partial charge >= 0.3 is 5.97 Å². The second-order valence-corrected chi connectivity index (χ2v) is 15.0. The minimum absolute atomic E-state index is 0.00403. The van der Waals surface area contributed by atoms with Gasteiger partial charge in [-0.1, -0.05) is 49.1 Å². The number of aromatic carboxylic acids is 1. The van der Waals surface area contributed by atoms with Crippen molar-refractivity contribution in [3.63, 3.8) is 0 Å². The van der Waals surface area contributed by atoms with E-state index in [9.17, 15) is 18.5 Å². The van der Waals surface area contributed by atoms with Gasteiger partial charge in [0.1, 0.15) is 11.6 Å². The molecule has 1 N–H and O–H groups in total. The summed E-state index contributed by atoms with van der Waals surface area (Å²) in [4.78, 5) is 14.8. The number of carboxylic acids is 1. The van der Waals surface area contributed by atoms with Gasteiger partial charge in [0.25, 0.3) is 0 Å². The zero-order valence-corrected chi connectivity index (χ0v) is 27.2. The summed E-state index contributed by atoms with van der Waals surface area (Å²) in [6.07, 6.45) is 9.99. The molecule has 1 spiro atoms. The SMILES string of the molecule is C/C1=C\S(=O)c2cc(-c3ccc(F)c(C(=O)O)c3)c(OC3CC4(CCOCC4)C3)cc2N(c2ccccc2)C[C@H]1C1CCCCC1. The van der Waals surface area contributed by atoms with E-state index >= 15 is 0 Å². The van der Waals surface area contributed by atoms with Crippen molar-refractivity contribution in [2.75, 3.05) is 24.7 Å². The highest BCUT2D eigenvalue weighted by Gasteiger charge is 2.46. The number of carbonyl (C=O) groups is 1. The molecule has 4 aliphatic rings. The Bertz CT molecular complexity index is 1650. The monoisotopic (exact) mass is 643 g/mol.